The molecular weight excluding hydrogens is 234 g/mol. The molecule has 1 aromatic rings. The summed E-state index contributed by atoms with van der Waals surface area (Å²) in [6, 6.07) is 6.93. The number of fused-ring (bicyclic) bond motifs is 1. The van der Waals surface area contributed by atoms with Gasteiger partial charge in [-0.25, -0.2) is 0 Å². The van der Waals surface area contributed by atoms with Crippen LogP contribution in [-0.2, 0) is 0 Å². The van der Waals surface area contributed by atoms with Crippen molar-refractivity contribution < 1.29 is 0 Å². The molecule has 2 saturated heterocycles. The predicted octanol–water partition coefficient (Wildman–Crippen LogP) is 2.57. The van der Waals surface area contributed by atoms with E-state index in [-0.39, 0.29) is 0 Å². The molecule has 4 heteroatoms. The molecule has 0 radical (unpaired) electrons. The minimum Gasteiger partial charge on any atom is -0.399 e. The summed E-state index contributed by atoms with van der Waals surface area (Å²) in [6.07, 6.45) is 3.86. The summed E-state index contributed by atoms with van der Waals surface area (Å²) >= 11 is 6.19. The summed E-state index contributed by atoms with van der Waals surface area (Å²) in [7, 11) is 0. The van der Waals surface area contributed by atoms with Gasteiger partial charge in [-0.1, -0.05) is 11.6 Å². The van der Waals surface area contributed by atoms with Crippen LogP contribution < -0.4 is 11.1 Å². The van der Waals surface area contributed by atoms with Gasteiger partial charge < -0.3 is 11.1 Å². The van der Waals surface area contributed by atoms with Crippen molar-refractivity contribution in [2.75, 3.05) is 24.1 Å². The van der Waals surface area contributed by atoms with E-state index >= 15 is 0 Å². The fourth-order valence-electron chi connectivity index (χ4n) is 3.10. The van der Waals surface area contributed by atoms with Gasteiger partial charge in [0, 0.05) is 24.3 Å². The Morgan fingerprint density at radius 2 is 2.18 bits per heavy atom. The molecule has 0 aliphatic carbocycles. The average molecular weight is 252 g/mol. The van der Waals surface area contributed by atoms with Gasteiger partial charge in [-0.2, -0.15) is 0 Å². The first-order valence-electron chi connectivity index (χ1n) is 6.29. The van der Waals surface area contributed by atoms with E-state index in [1.54, 1.807) is 0 Å². The van der Waals surface area contributed by atoms with Crippen LogP contribution in [0.25, 0.3) is 0 Å². The maximum Gasteiger partial charge on any atom is 0.0658 e. The lowest BCUT2D eigenvalue weighted by Gasteiger charge is -2.22. The standard InChI is InChI=1S/C13H18ClN3/c14-10-8-9(15)3-4-11(10)16-12-5-7-17-6-1-2-13(12)17/h3-4,8,12-13,16H,1-2,5-7,15H2. The van der Waals surface area contributed by atoms with Gasteiger partial charge >= 0.3 is 0 Å². The number of rotatable bonds is 2. The molecule has 2 fully saturated rings. The third-order valence-electron chi connectivity index (χ3n) is 3.94. The smallest absolute Gasteiger partial charge is 0.0658 e. The number of hydrogen-bond donors (Lipinski definition) is 2. The van der Waals surface area contributed by atoms with Gasteiger partial charge in [0.15, 0.2) is 0 Å². The summed E-state index contributed by atoms with van der Waals surface area (Å²) in [5.41, 5.74) is 7.43. The molecule has 0 bridgehead atoms. The SMILES string of the molecule is Nc1ccc(NC2CCN3CCCC23)c(Cl)c1. The Bertz CT molecular complexity index is 421. The molecule has 2 aliphatic heterocycles. The Morgan fingerprint density at radius 1 is 1.29 bits per heavy atom. The molecule has 2 heterocycles. The molecule has 2 atom stereocenters. The van der Waals surface area contributed by atoms with Crippen LogP contribution in [-0.4, -0.2) is 30.1 Å². The topological polar surface area (TPSA) is 41.3 Å². The lowest BCUT2D eigenvalue weighted by Crippen LogP contribution is -2.33. The maximum absolute atomic E-state index is 6.19. The van der Waals surface area contributed by atoms with Crippen LogP contribution >= 0.6 is 11.6 Å². The van der Waals surface area contributed by atoms with E-state index in [4.69, 9.17) is 17.3 Å². The lowest BCUT2D eigenvalue weighted by molar-refractivity contribution is 0.318. The van der Waals surface area contributed by atoms with Crippen molar-refractivity contribution in [3.8, 4) is 0 Å². The molecule has 2 aliphatic rings. The summed E-state index contributed by atoms with van der Waals surface area (Å²) in [5.74, 6) is 0. The lowest BCUT2D eigenvalue weighted by atomic mass is 10.1. The third kappa shape index (κ3) is 2.09. The highest BCUT2D eigenvalue weighted by molar-refractivity contribution is 6.33. The molecule has 3 N–H and O–H groups in total. The number of anilines is 2. The summed E-state index contributed by atoms with van der Waals surface area (Å²) < 4.78 is 0. The average Bonchev–Trinajstić information content (AvgIpc) is 2.86. The van der Waals surface area contributed by atoms with Gasteiger partial charge in [0.25, 0.3) is 0 Å². The van der Waals surface area contributed by atoms with Crippen molar-refractivity contribution in [2.45, 2.75) is 31.3 Å². The summed E-state index contributed by atoms with van der Waals surface area (Å²) in [6.45, 7) is 2.48. The van der Waals surface area contributed by atoms with Gasteiger partial charge in [0.1, 0.15) is 0 Å². The second-order valence-corrected chi connectivity index (χ2v) is 5.43. The summed E-state index contributed by atoms with van der Waals surface area (Å²) in [5, 5.41) is 4.30. The largest absolute Gasteiger partial charge is 0.399 e. The van der Waals surface area contributed by atoms with Crippen molar-refractivity contribution >= 4 is 23.0 Å². The highest BCUT2D eigenvalue weighted by Crippen LogP contribution is 2.32. The highest BCUT2D eigenvalue weighted by Gasteiger charge is 2.37. The van der Waals surface area contributed by atoms with E-state index in [1.165, 1.54) is 32.4 Å². The van der Waals surface area contributed by atoms with Crippen molar-refractivity contribution in [1.82, 2.24) is 4.90 Å². The first kappa shape index (κ1) is 11.2. The van der Waals surface area contributed by atoms with Crippen LogP contribution in [0.1, 0.15) is 19.3 Å². The number of halogens is 1. The van der Waals surface area contributed by atoms with Crippen LogP contribution in [0.2, 0.25) is 5.02 Å². The molecular formula is C13H18ClN3. The van der Waals surface area contributed by atoms with E-state index in [0.717, 1.165) is 16.4 Å². The number of nitrogens with one attached hydrogen (secondary N) is 1. The van der Waals surface area contributed by atoms with Crippen LogP contribution in [0.4, 0.5) is 11.4 Å². The number of hydrogen-bond acceptors (Lipinski definition) is 3. The van der Waals surface area contributed by atoms with Crippen molar-refractivity contribution in [2.24, 2.45) is 0 Å². The fraction of sp³-hybridized carbons (Fsp3) is 0.538. The minimum absolute atomic E-state index is 0.540. The van der Waals surface area contributed by atoms with Gasteiger partial charge in [-0.05, 0) is 44.0 Å². The quantitative estimate of drug-likeness (QED) is 0.794. The second-order valence-electron chi connectivity index (χ2n) is 5.02. The van der Waals surface area contributed by atoms with Gasteiger partial charge in [0.2, 0.25) is 0 Å². The third-order valence-corrected chi connectivity index (χ3v) is 4.25. The Morgan fingerprint density at radius 3 is 3.00 bits per heavy atom. The molecule has 2 unspecified atom stereocenters. The molecule has 0 saturated carbocycles. The van der Waals surface area contributed by atoms with Gasteiger partial charge in [-0.3, -0.25) is 4.90 Å². The molecule has 3 nitrogen and oxygen atoms in total. The first-order valence-corrected chi connectivity index (χ1v) is 6.67. The van der Waals surface area contributed by atoms with Crippen molar-refractivity contribution in [3.63, 3.8) is 0 Å². The monoisotopic (exact) mass is 251 g/mol. The van der Waals surface area contributed by atoms with E-state index in [9.17, 15) is 0 Å². The molecule has 92 valence electrons. The Hall–Kier alpha value is -0.930. The van der Waals surface area contributed by atoms with Crippen LogP contribution in [0.3, 0.4) is 0 Å². The van der Waals surface area contributed by atoms with Crippen LogP contribution in [0, 0.1) is 0 Å². The number of nitrogens with zero attached hydrogens (tertiary/aromatic N) is 1. The van der Waals surface area contributed by atoms with E-state index in [1.807, 2.05) is 18.2 Å². The zero-order valence-electron chi connectivity index (χ0n) is 9.82. The van der Waals surface area contributed by atoms with Crippen LogP contribution in [0.5, 0.6) is 0 Å². The molecule has 0 amide bonds. The number of benzene rings is 1. The molecule has 0 spiro atoms. The van der Waals surface area contributed by atoms with E-state index in [2.05, 4.69) is 10.2 Å². The number of nitrogen functional groups attached to an aromatic ring is 1. The zero-order valence-corrected chi connectivity index (χ0v) is 10.6. The molecule has 3 rings (SSSR count). The fourth-order valence-corrected chi connectivity index (χ4v) is 3.34. The van der Waals surface area contributed by atoms with Gasteiger partial charge in [0.05, 0.1) is 10.7 Å². The Balaban J connectivity index is 1.74. The Kier molecular flexibility index (Phi) is 2.89. The van der Waals surface area contributed by atoms with Crippen molar-refractivity contribution in [1.29, 1.82) is 0 Å². The molecule has 17 heavy (non-hydrogen) atoms. The van der Waals surface area contributed by atoms with E-state index < -0.39 is 0 Å². The Labute approximate surface area is 107 Å². The van der Waals surface area contributed by atoms with Crippen LogP contribution in [0.15, 0.2) is 18.2 Å². The van der Waals surface area contributed by atoms with Crippen molar-refractivity contribution in [3.05, 3.63) is 23.2 Å². The number of nitrogens with two attached hydrogens (primary N) is 1. The normalized spacial score (nSPS) is 28.3. The highest BCUT2D eigenvalue weighted by atomic mass is 35.5. The minimum atomic E-state index is 0.540. The predicted molar refractivity (Wildman–Crippen MR) is 72.5 cm³/mol. The van der Waals surface area contributed by atoms with Gasteiger partial charge in [-0.15, -0.1) is 0 Å². The maximum atomic E-state index is 6.19. The second kappa shape index (κ2) is 4.39. The zero-order chi connectivity index (χ0) is 11.8. The molecule has 1 aromatic carbocycles. The van der Waals surface area contributed by atoms with E-state index in [0.29, 0.717) is 12.1 Å². The summed E-state index contributed by atoms with van der Waals surface area (Å²) in [4.78, 5) is 2.59. The first-order chi connectivity index (χ1) is 8.24. The molecule has 0 aromatic heterocycles.